The second-order valence-electron chi connectivity index (χ2n) is 7.90. The van der Waals surface area contributed by atoms with Crippen molar-refractivity contribution in [3.63, 3.8) is 0 Å². The summed E-state index contributed by atoms with van der Waals surface area (Å²) in [6, 6.07) is 6.42. The number of hydrogen-bond donors (Lipinski definition) is 3. The van der Waals surface area contributed by atoms with Crippen molar-refractivity contribution in [3.8, 4) is 0 Å². The van der Waals surface area contributed by atoms with Crippen molar-refractivity contribution in [3.05, 3.63) is 29.8 Å². The van der Waals surface area contributed by atoms with E-state index >= 15 is 0 Å². The Labute approximate surface area is 159 Å². The van der Waals surface area contributed by atoms with Crippen LogP contribution in [0.3, 0.4) is 0 Å². The standard InChI is InChI=1S/C21H28N2O4/c1-13-12-17(13)20(25)22-15-10-8-14(9-11-15)19(24)23-18-7-5-3-2-4-6-16(18)21(26)27/h8-11,13,16-18H,2-7,12H2,1H3,(H,22,25)(H,23,24)(H,26,27). The number of hydrogen-bond acceptors (Lipinski definition) is 3. The Morgan fingerprint density at radius 2 is 1.59 bits per heavy atom. The molecule has 4 unspecified atom stereocenters. The molecule has 3 N–H and O–H groups in total. The lowest BCUT2D eigenvalue weighted by atomic mass is 9.86. The average Bonchev–Trinajstić information content (AvgIpc) is 3.34. The van der Waals surface area contributed by atoms with Crippen LogP contribution in [0.2, 0.25) is 0 Å². The molecular weight excluding hydrogens is 344 g/mol. The van der Waals surface area contributed by atoms with Crippen molar-refractivity contribution < 1.29 is 19.5 Å². The van der Waals surface area contributed by atoms with E-state index in [1.807, 2.05) is 0 Å². The minimum atomic E-state index is -0.838. The third-order valence-corrected chi connectivity index (χ3v) is 5.76. The number of carbonyl (C=O) groups is 3. The van der Waals surface area contributed by atoms with Gasteiger partial charge in [-0.15, -0.1) is 0 Å². The third kappa shape index (κ3) is 5.08. The van der Waals surface area contributed by atoms with E-state index in [4.69, 9.17) is 0 Å². The van der Waals surface area contributed by atoms with Gasteiger partial charge in [0.05, 0.1) is 5.92 Å². The zero-order valence-corrected chi connectivity index (χ0v) is 15.7. The number of anilines is 1. The second kappa shape index (κ2) is 8.55. The molecule has 27 heavy (non-hydrogen) atoms. The Bertz CT molecular complexity index is 701. The maximum atomic E-state index is 12.6. The van der Waals surface area contributed by atoms with Crippen LogP contribution in [0.4, 0.5) is 5.69 Å². The maximum absolute atomic E-state index is 12.6. The highest BCUT2D eigenvalue weighted by molar-refractivity contribution is 5.97. The van der Waals surface area contributed by atoms with Crippen LogP contribution >= 0.6 is 0 Å². The predicted molar refractivity (Wildman–Crippen MR) is 102 cm³/mol. The summed E-state index contributed by atoms with van der Waals surface area (Å²) in [5, 5.41) is 15.3. The van der Waals surface area contributed by atoms with Gasteiger partial charge in [0, 0.05) is 23.2 Å². The minimum absolute atomic E-state index is 0.0264. The number of nitrogens with one attached hydrogen (secondary N) is 2. The van der Waals surface area contributed by atoms with Gasteiger partial charge in [-0.25, -0.2) is 0 Å². The predicted octanol–water partition coefficient (Wildman–Crippen LogP) is 3.43. The number of amides is 2. The summed E-state index contributed by atoms with van der Waals surface area (Å²) in [5.74, 6) is -1.07. The summed E-state index contributed by atoms with van der Waals surface area (Å²) >= 11 is 0. The SMILES string of the molecule is CC1CC1C(=O)Nc1ccc(C(=O)NC2CCCCCCC2C(=O)O)cc1. The summed E-state index contributed by atoms with van der Waals surface area (Å²) in [6.45, 7) is 2.05. The highest BCUT2D eigenvalue weighted by atomic mass is 16.4. The van der Waals surface area contributed by atoms with E-state index in [0.717, 1.165) is 32.1 Å². The molecule has 0 aromatic heterocycles. The van der Waals surface area contributed by atoms with E-state index in [0.29, 0.717) is 30.0 Å². The van der Waals surface area contributed by atoms with Crippen LogP contribution in [0, 0.1) is 17.8 Å². The lowest BCUT2D eigenvalue weighted by Crippen LogP contribution is -2.43. The molecule has 6 heteroatoms. The molecule has 2 aliphatic carbocycles. The molecule has 146 valence electrons. The molecule has 0 saturated heterocycles. The minimum Gasteiger partial charge on any atom is -0.481 e. The topological polar surface area (TPSA) is 95.5 Å². The molecule has 2 fully saturated rings. The van der Waals surface area contributed by atoms with Gasteiger partial charge in [0.2, 0.25) is 5.91 Å². The van der Waals surface area contributed by atoms with E-state index in [9.17, 15) is 19.5 Å². The first kappa shape index (κ1) is 19.4. The van der Waals surface area contributed by atoms with Crippen LogP contribution in [0.1, 0.15) is 62.2 Å². The van der Waals surface area contributed by atoms with Gasteiger partial charge in [-0.05, 0) is 49.4 Å². The Morgan fingerprint density at radius 1 is 0.963 bits per heavy atom. The number of aliphatic carboxylic acids is 1. The summed E-state index contributed by atoms with van der Waals surface area (Å²) in [5.41, 5.74) is 1.14. The summed E-state index contributed by atoms with van der Waals surface area (Å²) < 4.78 is 0. The second-order valence-corrected chi connectivity index (χ2v) is 7.90. The monoisotopic (exact) mass is 372 g/mol. The van der Waals surface area contributed by atoms with Crippen LogP contribution in [-0.2, 0) is 9.59 Å². The Hall–Kier alpha value is -2.37. The smallest absolute Gasteiger partial charge is 0.308 e. The van der Waals surface area contributed by atoms with Crippen LogP contribution in [0.25, 0.3) is 0 Å². The van der Waals surface area contributed by atoms with Gasteiger partial charge < -0.3 is 15.7 Å². The van der Waals surface area contributed by atoms with Crippen LogP contribution in [0.5, 0.6) is 0 Å². The molecule has 2 amide bonds. The first-order valence-corrected chi connectivity index (χ1v) is 9.90. The fourth-order valence-corrected chi connectivity index (χ4v) is 3.83. The van der Waals surface area contributed by atoms with Gasteiger partial charge >= 0.3 is 5.97 Å². The number of carbonyl (C=O) groups excluding carboxylic acids is 2. The van der Waals surface area contributed by atoms with Gasteiger partial charge in [-0.2, -0.15) is 0 Å². The summed E-state index contributed by atoms with van der Waals surface area (Å²) in [6.07, 6.45) is 6.17. The van der Waals surface area contributed by atoms with Crippen LogP contribution < -0.4 is 10.6 Å². The molecule has 3 rings (SSSR count). The molecule has 0 aliphatic heterocycles. The van der Waals surface area contributed by atoms with Crippen molar-refractivity contribution in [2.24, 2.45) is 17.8 Å². The number of benzene rings is 1. The van der Waals surface area contributed by atoms with E-state index in [2.05, 4.69) is 17.6 Å². The van der Waals surface area contributed by atoms with Crippen molar-refractivity contribution in [2.75, 3.05) is 5.32 Å². The zero-order chi connectivity index (χ0) is 19.4. The molecule has 0 heterocycles. The molecule has 2 aliphatic rings. The van der Waals surface area contributed by atoms with Crippen molar-refractivity contribution in [2.45, 2.75) is 57.9 Å². The summed E-state index contributed by atoms with van der Waals surface area (Å²) in [7, 11) is 0. The van der Waals surface area contributed by atoms with E-state index < -0.39 is 11.9 Å². The Morgan fingerprint density at radius 3 is 2.19 bits per heavy atom. The molecule has 2 saturated carbocycles. The molecule has 1 aromatic rings. The Balaban J connectivity index is 1.60. The van der Waals surface area contributed by atoms with Crippen molar-refractivity contribution in [1.29, 1.82) is 0 Å². The summed E-state index contributed by atoms with van der Waals surface area (Å²) in [4.78, 5) is 36.2. The third-order valence-electron chi connectivity index (χ3n) is 5.76. The first-order chi connectivity index (χ1) is 13.0. The zero-order valence-electron chi connectivity index (χ0n) is 15.7. The normalized spacial score (nSPS) is 27.7. The highest BCUT2D eigenvalue weighted by Gasteiger charge is 2.39. The largest absolute Gasteiger partial charge is 0.481 e. The molecular formula is C21H28N2O4. The van der Waals surface area contributed by atoms with Crippen molar-refractivity contribution in [1.82, 2.24) is 5.32 Å². The van der Waals surface area contributed by atoms with Crippen molar-refractivity contribution >= 4 is 23.5 Å². The van der Waals surface area contributed by atoms with Gasteiger partial charge in [-0.3, -0.25) is 14.4 Å². The maximum Gasteiger partial charge on any atom is 0.308 e. The molecule has 0 radical (unpaired) electrons. The quantitative estimate of drug-likeness (QED) is 0.738. The van der Waals surface area contributed by atoms with E-state index in [1.54, 1.807) is 24.3 Å². The van der Waals surface area contributed by atoms with Gasteiger partial charge in [0.25, 0.3) is 5.91 Å². The van der Waals surface area contributed by atoms with Gasteiger partial charge in [-0.1, -0.05) is 32.6 Å². The number of carboxylic acids is 1. The average molecular weight is 372 g/mol. The lowest BCUT2D eigenvalue weighted by Gasteiger charge is -2.27. The Kier molecular flexibility index (Phi) is 6.14. The van der Waals surface area contributed by atoms with Gasteiger partial charge in [0.15, 0.2) is 0 Å². The van der Waals surface area contributed by atoms with Gasteiger partial charge in [0.1, 0.15) is 0 Å². The number of rotatable bonds is 5. The van der Waals surface area contributed by atoms with E-state index in [-0.39, 0.29) is 23.8 Å². The fraction of sp³-hybridized carbons (Fsp3) is 0.571. The lowest BCUT2D eigenvalue weighted by molar-refractivity contribution is -0.143. The molecule has 6 nitrogen and oxygen atoms in total. The molecule has 4 atom stereocenters. The van der Waals surface area contributed by atoms with E-state index in [1.165, 1.54) is 0 Å². The fourth-order valence-electron chi connectivity index (χ4n) is 3.83. The molecule has 0 spiro atoms. The molecule has 0 bridgehead atoms. The molecule has 1 aromatic carbocycles. The first-order valence-electron chi connectivity index (χ1n) is 9.90. The number of carboxylic acid groups (broad SMARTS) is 1. The van der Waals surface area contributed by atoms with Crippen LogP contribution in [-0.4, -0.2) is 28.9 Å². The van der Waals surface area contributed by atoms with Crippen LogP contribution in [0.15, 0.2) is 24.3 Å². The highest BCUT2D eigenvalue weighted by Crippen LogP contribution is 2.38.